The van der Waals surface area contributed by atoms with Crippen LogP contribution in [0, 0.1) is 0 Å². The number of carbonyl (C=O) groups is 1. The topological polar surface area (TPSA) is 61.7 Å². The molecule has 2 N–H and O–H groups in total. The number of amides is 1. The van der Waals surface area contributed by atoms with Gasteiger partial charge in [-0.05, 0) is 31.0 Å². The largest absolute Gasteiger partial charge is 0.507 e. The predicted octanol–water partition coefficient (Wildman–Crippen LogP) is 3.73. The van der Waals surface area contributed by atoms with Crippen molar-refractivity contribution in [2.24, 2.45) is 5.10 Å². The summed E-state index contributed by atoms with van der Waals surface area (Å²) in [6.45, 7) is 2.16. The second kappa shape index (κ2) is 8.53. The summed E-state index contributed by atoms with van der Waals surface area (Å²) in [6, 6.07) is 4.30. The molecule has 1 rings (SSSR count). The number of nitrogens with one attached hydrogen (secondary N) is 1. The zero-order valence-corrected chi connectivity index (χ0v) is 11.8. The van der Waals surface area contributed by atoms with E-state index in [9.17, 15) is 9.90 Å². The molecule has 104 valence electrons. The molecule has 0 aliphatic heterocycles. The molecule has 0 aliphatic rings. The molecular formula is C14H19ClN2O2. The third-order valence-electron chi connectivity index (χ3n) is 2.65. The third kappa shape index (κ3) is 5.75. The fourth-order valence-corrected chi connectivity index (χ4v) is 1.75. The van der Waals surface area contributed by atoms with Gasteiger partial charge in [0.25, 0.3) is 5.91 Å². The van der Waals surface area contributed by atoms with Crippen LogP contribution in [-0.4, -0.2) is 17.2 Å². The van der Waals surface area contributed by atoms with Gasteiger partial charge in [-0.15, -0.1) is 0 Å². The summed E-state index contributed by atoms with van der Waals surface area (Å²) in [5.74, 6) is -0.579. The van der Waals surface area contributed by atoms with Crippen LogP contribution in [0.25, 0.3) is 0 Å². The Labute approximate surface area is 118 Å². The Morgan fingerprint density at radius 1 is 1.42 bits per heavy atom. The number of hydrogen-bond acceptors (Lipinski definition) is 3. The second-order valence-corrected chi connectivity index (χ2v) is 4.70. The van der Waals surface area contributed by atoms with Crippen LogP contribution in [0.1, 0.15) is 49.4 Å². The molecule has 0 spiro atoms. The molecular weight excluding hydrogens is 264 g/mol. The minimum Gasteiger partial charge on any atom is -0.507 e. The van der Waals surface area contributed by atoms with Crippen molar-refractivity contribution in [1.29, 1.82) is 0 Å². The van der Waals surface area contributed by atoms with E-state index < -0.39 is 5.91 Å². The highest BCUT2D eigenvalue weighted by Gasteiger charge is 2.10. The smallest absolute Gasteiger partial charge is 0.275 e. The molecule has 0 heterocycles. The van der Waals surface area contributed by atoms with Crippen LogP contribution in [0.4, 0.5) is 0 Å². The minimum absolute atomic E-state index is 0.111. The standard InChI is InChI=1S/C14H19ClN2O2/c1-2-3-4-5-6-9-16-17-14(19)12-10-11(15)7-8-13(12)18/h7-10,18H,2-6H2,1H3,(H,17,19). The molecule has 0 aliphatic carbocycles. The number of hydrazone groups is 1. The van der Waals surface area contributed by atoms with Crippen molar-refractivity contribution in [1.82, 2.24) is 5.43 Å². The fraction of sp³-hybridized carbons (Fsp3) is 0.429. The molecule has 4 nitrogen and oxygen atoms in total. The fourth-order valence-electron chi connectivity index (χ4n) is 1.58. The number of phenolic OH excluding ortho intramolecular Hbond substituents is 1. The lowest BCUT2D eigenvalue weighted by molar-refractivity contribution is 0.0952. The number of unbranched alkanes of at least 4 members (excludes halogenated alkanes) is 4. The average molecular weight is 283 g/mol. The van der Waals surface area contributed by atoms with Gasteiger partial charge in [-0.25, -0.2) is 5.43 Å². The number of phenols is 1. The van der Waals surface area contributed by atoms with Crippen LogP contribution in [0.5, 0.6) is 5.75 Å². The summed E-state index contributed by atoms with van der Waals surface area (Å²) in [5, 5.41) is 13.8. The monoisotopic (exact) mass is 282 g/mol. The Morgan fingerprint density at radius 2 is 2.21 bits per heavy atom. The lowest BCUT2D eigenvalue weighted by atomic mass is 10.2. The number of benzene rings is 1. The van der Waals surface area contributed by atoms with E-state index in [0.29, 0.717) is 5.02 Å². The van der Waals surface area contributed by atoms with E-state index in [1.807, 2.05) is 0 Å². The van der Waals surface area contributed by atoms with Crippen LogP contribution in [0.2, 0.25) is 5.02 Å². The molecule has 0 fully saturated rings. The van der Waals surface area contributed by atoms with Crippen molar-refractivity contribution in [3.05, 3.63) is 28.8 Å². The normalized spacial score (nSPS) is 10.8. The van der Waals surface area contributed by atoms with Gasteiger partial charge in [0.15, 0.2) is 0 Å². The quantitative estimate of drug-likeness (QED) is 0.455. The summed E-state index contributed by atoms with van der Waals surface area (Å²) in [4.78, 5) is 11.7. The highest BCUT2D eigenvalue weighted by molar-refractivity contribution is 6.31. The molecule has 1 aromatic rings. The van der Waals surface area contributed by atoms with Crippen molar-refractivity contribution in [2.45, 2.75) is 39.0 Å². The van der Waals surface area contributed by atoms with Gasteiger partial charge in [0.1, 0.15) is 5.75 Å². The van der Waals surface area contributed by atoms with Crippen molar-refractivity contribution in [2.75, 3.05) is 0 Å². The second-order valence-electron chi connectivity index (χ2n) is 4.26. The van der Waals surface area contributed by atoms with Crippen LogP contribution < -0.4 is 5.43 Å². The third-order valence-corrected chi connectivity index (χ3v) is 2.88. The Morgan fingerprint density at radius 3 is 2.95 bits per heavy atom. The molecule has 0 atom stereocenters. The Kier molecular flexibility index (Phi) is 6.97. The summed E-state index contributed by atoms with van der Waals surface area (Å²) < 4.78 is 0. The average Bonchev–Trinajstić information content (AvgIpc) is 2.40. The van der Waals surface area contributed by atoms with Crippen LogP contribution in [0.15, 0.2) is 23.3 Å². The summed E-state index contributed by atoms with van der Waals surface area (Å²) in [6.07, 6.45) is 7.16. The number of nitrogens with zero attached hydrogens (tertiary/aromatic N) is 1. The molecule has 19 heavy (non-hydrogen) atoms. The number of aromatic hydroxyl groups is 1. The van der Waals surface area contributed by atoms with Crippen LogP contribution in [-0.2, 0) is 0 Å². The first kappa shape index (κ1) is 15.5. The maximum absolute atomic E-state index is 11.7. The zero-order valence-electron chi connectivity index (χ0n) is 11.0. The number of rotatable bonds is 7. The summed E-state index contributed by atoms with van der Waals surface area (Å²) in [5.41, 5.74) is 2.49. The molecule has 1 amide bonds. The molecule has 0 radical (unpaired) electrons. The van der Waals surface area contributed by atoms with Gasteiger partial charge in [0.05, 0.1) is 5.56 Å². The minimum atomic E-state index is -0.468. The van der Waals surface area contributed by atoms with Gasteiger partial charge in [0.2, 0.25) is 0 Å². The first-order valence-corrected chi connectivity index (χ1v) is 6.83. The number of halogens is 1. The first-order valence-electron chi connectivity index (χ1n) is 6.45. The summed E-state index contributed by atoms with van der Waals surface area (Å²) in [7, 11) is 0. The van der Waals surface area contributed by atoms with E-state index in [1.54, 1.807) is 6.21 Å². The Bertz CT molecular complexity index is 447. The first-order chi connectivity index (χ1) is 9.15. The van der Waals surface area contributed by atoms with Gasteiger partial charge in [0, 0.05) is 11.2 Å². The Hall–Kier alpha value is -1.55. The molecule has 0 saturated carbocycles. The highest BCUT2D eigenvalue weighted by Crippen LogP contribution is 2.21. The Balaban J connectivity index is 2.38. The molecule has 1 aromatic carbocycles. The molecule has 5 heteroatoms. The summed E-state index contributed by atoms with van der Waals surface area (Å²) >= 11 is 5.76. The maximum atomic E-state index is 11.7. The number of carbonyl (C=O) groups excluding carboxylic acids is 1. The van der Waals surface area contributed by atoms with E-state index in [0.717, 1.165) is 12.8 Å². The van der Waals surface area contributed by atoms with Gasteiger partial charge in [-0.1, -0.05) is 37.8 Å². The van der Waals surface area contributed by atoms with Crippen LogP contribution >= 0.6 is 11.6 Å². The van der Waals surface area contributed by atoms with E-state index in [2.05, 4.69) is 17.5 Å². The molecule has 0 bridgehead atoms. The zero-order chi connectivity index (χ0) is 14.1. The molecule has 0 aromatic heterocycles. The highest BCUT2D eigenvalue weighted by atomic mass is 35.5. The van der Waals surface area contributed by atoms with Crippen molar-refractivity contribution in [3.8, 4) is 5.75 Å². The predicted molar refractivity (Wildman–Crippen MR) is 77.8 cm³/mol. The van der Waals surface area contributed by atoms with E-state index in [-0.39, 0.29) is 11.3 Å². The van der Waals surface area contributed by atoms with Gasteiger partial charge in [-0.2, -0.15) is 5.10 Å². The van der Waals surface area contributed by atoms with E-state index in [4.69, 9.17) is 11.6 Å². The number of hydrogen-bond donors (Lipinski definition) is 2. The maximum Gasteiger partial charge on any atom is 0.275 e. The van der Waals surface area contributed by atoms with Crippen LogP contribution in [0.3, 0.4) is 0 Å². The van der Waals surface area contributed by atoms with Crippen molar-refractivity contribution >= 4 is 23.7 Å². The van der Waals surface area contributed by atoms with Crippen molar-refractivity contribution < 1.29 is 9.90 Å². The van der Waals surface area contributed by atoms with Gasteiger partial charge in [-0.3, -0.25) is 4.79 Å². The van der Waals surface area contributed by atoms with E-state index >= 15 is 0 Å². The molecule has 0 saturated heterocycles. The van der Waals surface area contributed by atoms with E-state index in [1.165, 1.54) is 37.5 Å². The lowest BCUT2D eigenvalue weighted by Gasteiger charge is -2.03. The van der Waals surface area contributed by atoms with Gasteiger partial charge < -0.3 is 5.11 Å². The van der Waals surface area contributed by atoms with Gasteiger partial charge >= 0.3 is 0 Å². The lowest BCUT2D eigenvalue weighted by Crippen LogP contribution is -2.17. The molecule has 0 unspecified atom stereocenters. The van der Waals surface area contributed by atoms with Crippen molar-refractivity contribution in [3.63, 3.8) is 0 Å². The SMILES string of the molecule is CCCCCCC=NNC(=O)c1cc(Cl)ccc1O.